The lowest BCUT2D eigenvalue weighted by Gasteiger charge is -2.10. The van der Waals surface area contributed by atoms with Gasteiger partial charge in [0.15, 0.2) is 0 Å². The predicted molar refractivity (Wildman–Crippen MR) is 84.1 cm³/mol. The lowest BCUT2D eigenvalue weighted by molar-refractivity contribution is 0.465. The van der Waals surface area contributed by atoms with Crippen molar-refractivity contribution in [2.75, 3.05) is 5.32 Å². The molecule has 0 spiro atoms. The van der Waals surface area contributed by atoms with Crippen LogP contribution in [0, 0.1) is 17.4 Å². The average Bonchev–Trinajstić information content (AvgIpc) is 2.34. The van der Waals surface area contributed by atoms with Gasteiger partial charge < -0.3 is 10.4 Å². The molecule has 3 heteroatoms. The van der Waals surface area contributed by atoms with E-state index in [0.29, 0.717) is 12.3 Å². The molecule has 2 N–H and O–H groups in total. The Labute approximate surface area is 121 Å². The number of phenols is 1. The number of hydrogen-bond acceptors (Lipinski definition) is 2. The van der Waals surface area contributed by atoms with Gasteiger partial charge in [-0.3, -0.25) is 0 Å². The van der Waals surface area contributed by atoms with Crippen LogP contribution < -0.4 is 5.32 Å². The number of rotatable bonds is 3. The molecular weight excluding hydrogens is 337 g/mol. The summed E-state index contributed by atoms with van der Waals surface area (Å²) in [6.07, 6.45) is 0. The van der Waals surface area contributed by atoms with Crippen molar-refractivity contribution >= 4 is 28.3 Å². The Hall–Kier alpha value is -1.23. The Morgan fingerprint density at radius 3 is 2.39 bits per heavy atom. The number of aromatic hydroxyl groups is 1. The van der Waals surface area contributed by atoms with E-state index < -0.39 is 0 Å². The monoisotopic (exact) mass is 353 g/mol. The Morgan fingerprint density at radius 1 is 1.06 bits per heavy atom. The average molecular weight is 353 g/mol. The fraction of sp³-hybridized carbons (Fsp3) is 0.200. The molecule has 2 aromatic carbocycles. The SMILES string of the molecule is Cc1ccc(NCc2cc(C)cc(I)c2O)cc1. The summed E-state index contributed by atoms with van der Waals surface area (Å²) in [6.45, 7) is 4.74. The van der Waals surface area contributed by atoms with Crippen molar-refractivity contribution in [3.8, 4) is 5.75 Å². The summed E-state index contributed by atoms with van der Waals surface area (Å²) in [5.74, 6) is 0.376. The van der Waals surface area contributed by atoms with Gasteiger partial charge in [0.25, 0.3) is 0 Å². The Balaban J connectivity index is 2.13. The molecule has 2 aromatic rings. The van der Waals surface area contributed by atoms with Crippen LogP contribution in [-0.4, -0.2) is 5.11 Å². The fourth-order valence-electron chi connectivity index (χ4n) is 1.81. The van der Waals surface area contributed by atoms with Crippen LogP contribution in [0.1, 0.15) is 16.7 Å². The molecule has 0 aliphatic heterocycles. The Morgan fingerprint density at radius 2 is 1.72 bits per heavy atom. The molecule has 2 rings (SSSR count). The second kappa shape index (κ2) is 5.61. The largest absolute Gasteiger partial charge is 0.506 e. The van der Waals surface area contributed by atoms with Crippen LogP contribution in [0.15, 0.2) is 36.4 Å². The van der Waals surface area contributed by atoms with Crippen LogP contribution in [-0.2, 0) is 6.54 Å². The zero-order chi connectivity index (χ0) is 13.1. The molecule has 18 heavy (non-hydrogen) atoms. The molecule has 0 amide bonds. The van der Waals surface area contributed by atoms with Gasteiger partial charge in [-0.05, 0) is 60.2 Å². The number of nitrogens with one attached hydrogen (secondary N) is 1. The molecule has 2 nitrogen and oxygen atoms in total. The van der Waals surface area contributed by atoms with Crippen molar-refractivity contribution in [2.45, 2.75) is 20.4 Å². The van der Waals surface area contributed by atoms with Gasteiger partial charge in [-0.15, -0.1) is 0 Å². The summed E-state index contributed by atoms with van der Waals surface area (Å²) in [5, 5.41) is 13.3. The van der Waals surface area contributed by atoms with Crippen molar-refractivity contribution in [1.82, 2.24) is 0 Å². The van der Waals surface area contributed by atoms with Crippen molar-refractivity contribution in [1.29, 1.82) is 0 Å². The normalized spacial score (nSPS) is 10.4. The van der Waals surface area contributed by atoms with Crippen LogP contribution in [0.2, 0.25) is 0 Å². The van der Waals surface area contributed by atoms with E-state index in [2.05, 4.69) is 47.0 Å². The van der Waals surface area contributed by atoms with E-state index in [1.54, 1.807) is 0 Å². The quantitative estimate of drug-likeness (QED) is 0.810. The third-order valence-corrected chi connectivity index (χ3v) is 3.64. The minimum Gasteiger partial charge on any atom is -0.506 e. The van der Waals surface area contributed by atoms with Crippen LogP contribution in [0.3, 0.4) is 0 Å². The molecule has 0 saturated heterocycles. The summed E-state index contributed by atoms with van der Waals surface area (Å²) >= 11 is 2.16. The first-order valence-electron chi connectivity index (χ1n) is 5.85. The van der Waals surface area contributed by atoms with E-state index in [4.69, 9.17) is 0 Å². The molecule has 0 atom stereocenters. The summed E-state index contributed by atoms with van der Waals surface area (Å²) < 4.78 is 0.897. The highest BCUT2D eigenvalue weighted by molar-refractivity contribution is 14.1. The second-order valence-corrected chi connectivity index (χ2v) is 5.64. The molecular formula is C15H16INO. The van der Waals surface area contributed by atoms with Crippen LogP contribution in [0.25, 0.3) is 0 Å². The zero-order valence-electron chi connectivity index (χ0n) is 10.5. The van der Waals surface area contributed by atoms with Crippen molar-refractivity contribution < 1.29 is 5.11 Å². The van der Waals surface area contributed by atoms with E-state index >= 15 is 0 Å². The van der Waals surface area contributed by atoms with Gasteiger partial charge >= 0.3 is 0 Å². The molecule has 0 fully saturated rings. The summed E-state index contributed by atoms with van der Waals surface area (Å²) in [6, 6.07) is 12.2. The number of phenolic OH excluding ortho intramolecular Hbond substituents is 1. The number of benzene rings is 2. The molecule has 0 saturated carbocycles. The summed E-state index contributed by atoms with van der Waals surface area (Å²) in [7, 11) is 0. The van der Waals surface area contributed by atoms with Gasteiger partial charge in [0.1, 0.15) is 5.75 Å². The maximum Gasteiger partial charge on any atom is 0.133 e. The lowest BCUT2D eigenvalue weighted by Crippen LogP contribution is -2.00. The zero-order valence-corrected chi connectivity index (χ0v) is 12.7. The molecule has 94 valence electrons. The van der Waals surface area contributed by atoms with E-state index in [1.165, 1.54) is 5.56 Å². The highest BCUT2D eigenvalue weighted by atomic mass is 127. The Kier molecular flexibility index (Phi) is 4.11. The van der Waals surface area contributed by atoms with Crippen LogP contribution in [0.4, 0.5) is 5.69 Å². The molecule has 0 radical (unpaired) electrons. The predicted octanol–water partition coefficient (Wildman–Crippen LogP) is 4.23. The maximum atomic E-state index is 10.00. The first kappa shape index (κ1) is 13.2. The highest BCUT2D eigenvalue weighted by Gasteiger charge is 2.06. The Bertz CT molecular complexity index is 549. The van der Waals surface area contributed by atoms with Crippen molar-refractivity contribution in [3.05, 3.63) is 56.7 Å². The van der Waals surface area contributed by atoms with Crippen LogP contribution in [0.5, 0.6) is 5.75 Å². The van der Waals surface area contributed by atoms with Gasteiger partial charge in [0.05, 0.1) is 3.57 Å². The topological polar surface area (TPSA) is 32.3 Å². The minimum absolute atomic E-state index is 0.376. The molecule has 0 aromatic heterocycles. The van der Waals surface area contributed by atoms with E-state index in [9.17, 15) is 5.11 Å². The second-order valence-electron chi connectivity index (χ2n) is 4.47. The van der Waals surface area contributed by atoms with Gasteiger partial charge in [0, 0.05) is 17.8 Å². The van der Waals surface area contributed by atoms with E-state index in [0.717, 1.165) is 20.4 Å². The summed E-state index contributed by atoms with van der Waals surface area (Å²) in [5.41, 5.74) is 4.41. The molecule has 0 heterocycles. The molecule has 0 aliphatic rings. The van der Waals surface area contributed by atoms with Gasteiger partial charge in [0.2, 0.25) is 0 Å². The highest BCUT2D eigenvalue weighted by Crippen LogP contribution is 2.26. The third kappa shape index (κ3) is 3.16. The smallest absolute Gasteiger partial charge is 0.133 e. The number of hydrogen-bond donors (Lipinski definition) is 2. The molecule has 0 unspecified atom stereocenters. The van der Waals surface area contributed by atoms with Gasteiger partial charge in [-0.1, -0.05) is 23.8 Å². The van der Waals surface area contributed by atoms with Crippen LogP contribution >= 0.6 is 22.6 Å². The molecule has 0 bridgehead atoms. The van der Waals surface area contributed by atoms with E-state index in [1.807, 2.05) is 31.2 Å². The molecule has 0 aliphatic carbocycles. The first-order chi connectivity index (χ1) is 8.56. The number of anilines is 1. The minimum atomic E-state index is 0.376. The van der Waals surface area contributed by atoms with Crippen molar-refractivity contribution in [2.24, 2.45) is 0 Å². The first-order valence-corrected chi connectivity index (χ1v) is 6.92. The van der Waals surface area contributed by atoms with Crippen molar-refractivity contribution in [3.63, 3.8) is 0 Å². The number of halogens is 1. The third-order valence-electron chi connectivity index (χ3n) is 2.82. The summed E-state index contributed by atoms with van der Waals surface area (Å²) in [4.78, 5) is 0. The van der Waals surface area contributed by atoms with Gasteiger partial charge in [-0.2, -0.15) is 0 Å². The van der Waals surface area contributed by atoms with Gasteiger partial charge in [-0.25, -0.2) is 0 Å². The maximum absolute atomic E-state index is 10.00. The van der Waals surface area contributed by atoms with E-state index in [-0.39, 0.29) is 0 Å². The lowest BCUT2D eigenvalue weighted by atomic mass is 10.1. The fourth-order valence-corrected chi connectivity index (χ4v) is 2.65. The number of aryl methyl sites for hydroxylation is 2. The standard InChI is InChI=1S/C15H16INO/c1-10-3-5-13(6-4-10)17-9-12-7-11(2)8-14(16)15(12)18/h3-8,17-18H,9H2,1-2H3.